The molecule has 1 heterocycles. The number of phenolic OH excluding ortho intramolecular Hbond substituents is 1. The molecule has 1 aliphatic heterocycles. The van der Waals surface area contributed by atoms with E-state index in [0.717, 1.165) is 0 Å². The molecule has 2 aromatic carbocycles. The number of carbonyl (C=O) groups excluding carboxylic acids is 1. The number of aromatic hydroxyl groups is 1. The number of benzene rings is 2. The summed E-state index contributed by atoms with van der Waals surface area (Å²) in [5.41, 5.74) is 0.849. The summed E-state index contributed by atoms with van der Waals surface area (Å²) in [5, 5.41) is 16.0. The Bertz CT molecular complexity index is 774. The molecule has 7 heteroatoms. The number of hydrogen-bond acceptors (Lipinski definition) is 4. The Hall–Kier alpha value is -2.60. The number of carbonyl (C=O) groups is 1. The van der Waals surface area contributed by atoms with Crippen LogP contribution in [0.15, 0.2) is 47.6 Å². The van der Waals surface area contributed by atoms with E-state index in [1.54, 1.807) is 18.2 Å². The Morgan fingerprint density at radius 2 is 2.13 bits per heavy atom. The highest BCUT2D eigenvalue weighted by molar-refractivity contribution is 6.34. The lowest BCUT2D eigenvalue weighted by Gasteiger charge is -2.10. The average molecular weight is 335 g/mol. The highest BCUT2D eigenvalue weighted by Gasteiger charge is 2.31. The number of halogens is 2. The largest absolute Gasteiger partial charge is 0.508 e. The zero-order valence-corrected chi connectivity index (χ0v) is 12.5. The minimum Gasteiger partial charge on any atom is -0.508 e. The second-order valence-corrected chi connectivity index (χ2v) is 5.38. The van der Waals surface area contributed by atoms with Gasteiger partial charge in [-0.05, 0) is 24.3 Å². The van der Waals surface area contributed by atoms with E-state index in [-0.39, 0.29) is 28.5 Å². The van der Waals surface area contributed by atoms with Gasteiger partial charge in [0, 0.05) is 18.2 Å². The molecule has 0 fully saturated rings. The molecule has 0 aromatic heterocycles. The first-order valence-corrected chi connectivity index (χ1v) is 7.19. The number of phenols is 1. The molecule has 0 unspecified atom stereocenters. The fourth-order valence-corrected chi connectivity index (χ4v) is 2.52. The predicted molar refractivity (Wildman–Crippen MR) is 84.2 cm³/mol. The zero-order valence-electron chi connectivity index (χ0n) is 11.8. The van der Waals surface area contributed by atoms with E-state index in [9.17, 15) is 14.3 Å². The van der Waals surface area contributed by atoms with Crippen LogP contribution >= 0.6 is 11.6 Å². The molecule has 5 nitrogen and oxygen atoms in total. The molecular weight excluding hydrogens is 323 g/mol. The smallest absolute Gasteiger partial charge is 0.268 e. The minimum atomic E-state index is -0.886. The van der Waals surface area contributed by atoms with Crippen molar-refractivity contribution < 1.29 is 19.1 Å². The SMILES string of the molecule is O=C(Nc1cccc(O)c1)[C@@H]1CC(c2c(F)cccc2Cl)=NO1. The highest BCUT2D eigenvalue weighted by Crippen LogP contribution is 2.26. The van der Waals surface area contributed by atoms with Gasteiger partial charge in [-0.25, -0.2) is 4.39 Å². The number of nitrogens with one attached hydrogen (secondary N) is 1. The van der Waals surface area contributed by atoms with Gasteiger partial charge in [0.2, 0.25) is 6.10 Å². The maximum Gasteiger partial charge on any atom is 0.268 e. The van der Waals surface area contributed by atoms with Crippen LogP contribution in [0, 0.1) is 5.82 Å². The van der Waals surface area contributed by atoms with Crippen molar-refractivity contribution in [1.82, 2.24) is 0 Å². The fraction of sp³-hybridized carbons (Fsp3) is 0.125. The Morgan fingerprint density at radius 3 is 2.87 bits per heavy atom. The van der Waals surface area contributed by atoms with Crippen LogP contribution < -0.4 is 5.32 Å². The van der Waals surface area contributed by atoms with Gasteiger partial charge in [0.1, 0.15) is 11.6 Å². The third-order valence-electron chi connectivity index (χ3n) is 3.33. The van der Waals surface area contributed by atoms with Gasteiger partial charge in [-0.3, -0.25) is 4.79 Å². The molecule has 118 valence electrons. The lowest BCUT2D eigenvalue weighted by atomic mass is 10.0. The Balaban J connectivity index is 1.70. The molecule has 2 aromatic rings. The van der Waals surface area contributed by atoms with E-state index >= 15 is 0 Å². The summed E-state index contributed by atoms with van der Waals surface area (Å²) >= 11 is 5.98. The molecule has 0 saturated carbocycles. The fourth-order valence-electron chi connectivity index (χ4n) is 2.25. The number of oxime groups is 1. The van der Waals surface area contributed by atoms with Crippen molar-refractivity contribution in [3.05, 3.63) is 58.9 Å². The molecule has 1 amide bonds. The van der Waals surface area contributed by atoms with Crippen molar-refractivity contribution in [1.29, 1.82) is 0 Å². The van der Waals surface area contributed by atoms with E-state index in [1.165, 1.54) is 24.3 Å². The summed E-state index contributed by atoms with van der Waals surface area (Å²) < 4.78 is 13.9. The van der Waals surface area contributed by atoms with Gasteiger partial charge >= 0.3 is 0 Å². The second-order valence-electron chi connectivity index (χ2n) is 4.97. The molecule has 1 atom stereocenters. The lowest BCUT2D eigenvalue weighted by Crippen LogP contribution is -2.28. The van der Waals surface area contributed by atoms with Crippen molar-refractivity contribution >= 4 is 28.9 Å². The number of hydrogen-bond donors (Lipinski definition) is 2. The standard InChI is InChI=1S/C16H12ClFN2O3/c17-11-5-2-6-12(18)15(11)13-8-14(23-20-13)16(22)19-9-3-1-4-10(21)7-9/h1-7,14,21H,8H2,(H,19,22)/t14-/m0/s1. The predicted octanol–water partition coefficient (Wildman–Crippen LogP) is 3.32. The van der Waals surface area contributed by atoms with Crippen LogP contribution in [0.1, 0.15) is 12.0 Å². The maximum atomic E-state index is 13.9. The van der Waals surface area contributed by atoms with E-state index < -0.39 is 17.8 Å². The van der Waals surface area contributed by atoms with E-state index in [1.807, 2.05) is 0 Å². The van der Waals surface area contributed by atoms with Crippen molar-refractivity contribution in [3.63, 3.8) is 0 Å². The van der Waals surface area contributed by atoms with E-state index in [2.05, 4.69) is 10.5 Å². The molecule has 2 N–H and O–H groups in total. The van der Waals surface area contributed by atoms with Crippen molar-refractivity contribution in [2.24, 2.45) is 5.16 Å². The molecule has 0 bridgehead atoms. The monoisotopic (exact) mass is 334 g/mol. The van der Waals surface area contributed by atoms with Crippen LogP contribution in [-0.4, -0.2) is 22.8 Å². The van der Waals surface area contributed by atoms with E-state index in [0.29, 0.717) is 5.69 Å². The number of amides is 1. The van der Waals surface area contributed by atoms with Gasteiger partial charge in [-0.2, -0.15) is 0 Å². The molecule has 0 aliphatic carbocycles. The van der Waals surface area contributed by atoms with Gasteiger partial charge in [-0.15, -0.1) is 0 Å². The van der Waals surface area contributed by atoms with Crippen LogP contribution in [0.2, 0.25) is 5.02 Å². The van der Waals surface area contributed by atoms with Crippen LogP contribution in [0.25, 0.3) is 0 Å². The van der Waals surface area contributed by atoms with Crippen LogP contribution in [0.3, 0.4) is 0 Å². The van der Waals surface area contributed by atoms with E-state index in [4.69, 9.17) is 16.4 Å². The molecular formula is C16H12ClFN2O3. The van der Waals surface area contributed by atoms with Crippen LogP contribution in [0.5, 0.6) is 5.75 Å². The Labute approximate surface area is 136 Å². The maximum absolute atomic E-state index is 13.9. The highest BCUT2D eigenvalue weighted by atomic mass is 35.5. The Morgan fingerprint density at radius 1 is 1.35 bits per heavy atom. The molecule has 23 heavy (non-hydrogen) atoms. The van der Waals surface area contributed by atoms with Gasteiger partial charge < -0.3 is 15.3 Å². The summed E-state index contributed by atoms with van der Waals surface area (Å²) in [6.07, 6.45) is -0.784. The first-order valence-electron chi connectivity index (χ1n) is 6.81. The van der Waals surface area contributed by atoms with Crippen molar-refractivity contribution in [3.8, 4) is 5.75 Å². The Kier molecular flexibility index (Phi) is 4.16. The summed E-state index contributed by atoms with van der Waals surface area (Å²) in [4.78, 5) is 17.2. The molecule has 0 radical (unpaired) electrons. The van der Waals surface area contributed by atoms with Gasteiger partial charge in [0.15, 0.2) is 0 Å². The number of rotatable bonds is 3. The molecule has 1 aliphatic rings. The normalized spacial score (nSPS) is 16.6. The third kappa shape index (κ3) is 3.27. The van der Waals surface area contributed by atoms with Gasteiger partial charge in [0.05, 0.1) is 16.3 Å². The summed E-state index contributed by atoms with van der Waals surface area (Å²) in [6, 6.07) is 10.4. The first kappa shape index (κ1) is 15.3. The average Bonchev–Trinajstić information content (AvgIpc) is 2.97. The molecule has 0 spiro atoms. The topological polar surface area (TPSA) is 70.9 Å². The number of nitrogens with zero attached hydrogens (tertiary/aromatic N) is 1. The summed E-state index contributed by atoms with van der Waals surface area (Å²) in [7, 11) is 0. The lowest BCUT2D eigenvalue weighted by molar-refractivity contribution is -0.125. The minimum absolute atomic E-state index is 0.0326. The van der Waals surface area contributed by atoms with Crippen molar-refractivity contribution in [2.45, 2.75) is 12.5 Å². The quantitative estimate of drug-likeness (QED) is 0.904. The van der Waals surface area contributed by atoms with Crippen molar-refractivity contribution in [2.75, 3.05) is 5.32 Å². The van der Waals surface area contributed by atoms with Gasteiger partial charge in [0.25, 0.3) is 5.91 Å². The van der Waals surface area contributed by atoms with Gasteiger partial charge in [-0.1, -0.05) is 28.9 Å². The molecule has 0 saturated heterocycles. The first-order chi connectivity index (χ1) is 11.0. The molecule has 3 rings (SSSR count). The summed E-state index contributed by atoms with van der Waals surface area (Å²) in [6.45, 7) is 0. The summed E-state index contributed by atoms with van der Waals surface area (Å²) in [5.74, 6) is -0.930. The number of anilines is 1. The second kappa shape index (κ2) is 6.26. The van der Waals surface area contributed by atoms with Crippen LogP contribution in [0.4, 0.5) is 10.1 Å². The third-order valence-corrected chi connectivity index (χ3v) is 3.64. The zero-order chi connectivity index (χ0) is 16.4. The van der Waals surface area contributed by atoms with Crippen LogP contribution in [-0.2, 0) is 9.63 Å².